The Morgan fingerprint density at radius 3 is 2.73 bits per heavy atom. The number of halogens is 3. The van der Waals surface area contributed by atoms with E-state index in [9.17, 15) is 13.2 Å². The van der Waals surface area contributed by atoms with Crippen molar-refractivity contribution in [2.75, 3.05) is 13.2 Å². The molecule has 7 nitrogen and oxygen atoms in total. The van der Waals surface area contributed by atoms with Crippen LogP contribution in [0.4, 0.5) is 13.2 Å². The van der Waals surface area contributed by atoms with Gasteiger partial charge in [0, 0.05) is 36.0 Å². The third-order valence-electron chi connectivity index (χ3n) is 5.56. The van der Waals surface area contributed by atoms with Crippen LogP contribution >= 0.6 is 0 Å². The second-order valence-corrected chi connectivity index (χ2v) is 7.58. The molecule has 4 heterocycles. The topological polar surface area (TPSA) is 81.5 Å². The molecule has 0 radical (unpaired) electrons. The first-order valence-electron chi connectivity index (χ1n) is 9.29. The van der Waals surface area contributed by atoms with E-state index < -0.39 is 11.7 Å². The third-order valence-corrected chi connectivity index (χ3v) is 5.56. The van der Waals surface area contributed by atoms with Crippen molar-refractivity contribution in [2.24, 2.45) is 7.05 Å². The summed E-state index contributed by atoms with van der Waals surface area (Å²) in [7, 11) is 1.89. The molecule has 30 heavy (non-hydrogen) atoms. The number of rotatable bonds is 4. The second-order valence-electron chi connectivity index (χ2n) is 7.58. The number of benzene rings is 1. The first-order valence-corrected chi connectivity index (χ1v) is 9.29. The van der Waals surface area contributed by atoms with Gasteiger partial charge in [-0.25, -0.2) is 4.98 Å². The van der Waals surface area contributed by atoms with E-state index in [2.05, 4.69) is 25.4 Å². The van der Waals surface area contributed by atoms with Crippen molar-refractivity contribution in [3.63, 3.8) is 0 Å². The molecule has 0 atom stereocenters. The first-order chi connectivity index (χ1) is 14.4. The van der Waals surface area contributed by atoms with Gasteiger partial charge < -0.3 is 9.30 Å². The maximum absolute atomic E-state index is 13.1. The van der Waals surface area contributed by atoms with Gasteiger partial charge in [0.25, 0.3) is 0 Å². The molecule has 0 spiro atoms. The molecule has 3 aromatic heterocycles. The number of aromatic amines is 1. The zero-order chi connectivity index (χ0) is 20.9. The SMILES string of the molecule is Cn1cnnc1CC1(c2cccc(-c3[nH]nc4ncc(C(F)(F)F)cc34)c2)COC1. The van der Waals surface area contributed by atoms with Crippen LogP contribution in [0.25, 0.3) is 22.3 Å². The molecule has 10 heteroatoms. The lowest BCUT2D eigenvalue weighted by Gasteiger charge is -2.41. The lowest BCUT2D eigenvalue weighted by molar-refractivity contribution is -0.137. The van der Waals surface area contributed by atoms with Gasteiger partial charge in [0.15, 0.2) is 5.65 Å². The monoisotopic (exact) mass is 414 g/mol. The number of H-pyrrole nitrogens is 1. The minimum Gasteiger partial charge on any atom is -0.379 e. The van der Waals surface area contributed by atoms with Crippen molar-refractivity contribution in [3.8, 4) is 11.3 Å². The molecule has 0 saturated carbocycles. The van der Waals surface area contributed by atoms with Crippen LogP contribution in [0, 0.1) is 0 Å². The Morgan fingerprint density at radius 2 is 2.07 bits per heavy atom. The number of alkyl halides is 3. The molecular weight excluding hydrogens is 397 g/mol. The predicted octanol–water partition coefficient (Wildman–Crippen LogP) is 3.28. The number of nitrogens with zero attached hydrogens (tertiary/aromatic N) is 5. The van der Waals surface area contributed by atoms with Crippen molar-refractivity contribution in [1.82, 2.24) is 29.9 Å². The molecule has 1 aliphatic rings. The lowest BCUT2D eigenvalue weighted by Crippen LogP contribution is -2.49. The number of aryl methyl sites for hydroxylation is 1. The van der Waals surface area contributed by atoms with Gasteiger partial charge in [-0.15, -0.1) is 10.2 Å². The Kier molecular flexibility index (Phi) is 4.14. The number of pyridine rings is 1. The second kappa shape index (κ2) is 6.63. The smallest absolute Gasteiger partial charge is 0.379 e. The Bertz CT molecular complexity index is 1220. The first kappa shape index (κ1) is 18.7. The highest BCUT2D eigenvalue weighted by Gasteiger charge is 2.42. The Hall–Kier alpha value is -3.27. The van der Waals surface area contributed by atoms with Crippen LogP contribution in [0.1, 0.15) is 17.0 Å². The lowest BCUT2D eigenvalue weighted by atomic mass is 9.75. The Balaban J connectivity index is 1.56. The quantitative estimate of drug-likeness (QED) is 0.554. The normalized spacial score (nSPS) is 16.0. The van der Waals surface area contributed by atoms with Gasteiger partial charge in [-0.1, -0.05) is 18.2 Å². The van der Waals surface area contributed by atoms with Gasteiger partial charge in [-0.05, 0) is 17.7 Å². The summed E-state index contributed by atoms with van der Waals surface area (Å²) in [6, 6.07) is 8.77. The molecule has 1 fully saturated rings. The summed E-state index contributed by atoms with van der Waals surface area (Å²) in [4.78, 5) is 3.85. The van der Waals surface area contributed by atoms with E-state index in [-0.39, 0.29) is 11.1 Å². The van der Waals surface area contributed by atoms with Crippen LogP contribution in [0.3, 0.4) is 0 Å². The number of aromatic nitrogens is 6. The molecule has 0 amide bonds. The summed E-state index contributed by atoms with van der Waals surface area (Å²) >= 11 is 0. The summed E-state index contributed by atoms with van der Waals surface area (Å²) in [6.45, 7) is 1.07. The van der Waals surface area contributed by atoms with Crippen LogP contribution in [0.5, 0.6) is 0 Å². The van der Waals surface area contributed by atoms with Crippen LogP contribution in [0.2, 0.25) is 0 Å². The summed E-state index contributed by atoms with van der Waals surface area (Å²) in [5.74, 6) is 0.842. The molecule has 1 saturated heterocycles. The summed E-state index contributed by atoms with van der Waals surface area (Å²) in [5.41, 5.74) is 1.43. The van der Waals surface area contributed by atoms with E-state index in [0.717, 1.165) is 29.2 Å². The molecule has 154 valence electrons. The van der Waals surface area contributed by atoms with Crippen LogP contribution in [-0.4, -0.2) is 43.2 Å². The van der Waals surface area contributed by atoms with Crippen LogP contribution < -0.4 is 0 Å². The highest BCUT2D eigenvalue weighted by molar-refractivity contribution is 5.91. The number of hydrogen-bond acceptors (Lipinski definition) is 5. The Labute approximate surface area is 168 Å². The minimum atomic E-state index is -4.47. The van der Waals surface area contributed by atoms with Gasteiger partial charge >= 0.3 is 6.18 Å². The zero-order valence-electron chi connectivity index (χ0n) is 15.9. The summed E-state index contributed by atoms with van der Waals surface area (Å²) in [5, 5.41) is 15.4. The van der Waals surface area contributed by atoms with Crippen molar-refractivity contribution in [2.45, 2.75) is 18.0 Å². The van der Waals surface area contributed by atoms with Crippen LogP contribution in [-0.2, 0) is 29.8 Å². The fraction of sp³-hybridized carbons (Fsp3) is 0.300. The largest absolute Gasteiger partial charge is 0.417 e. The van der Waals surface area contributed by atoms with Crippen molar-refractivity contribution in [3.05, 3.63) is 59.8 Å². The Morgan fingerprint density at radius 1 is 1.23 bits per heavy atom. The van der Waals surface area contributed by atoms with Crippen LogP contribution in [0.15, 0.2) is 42.9 Å². The average molecular weight is 414 g/mol. The summed E-state index contributed by atoms with van der Waals surface area (Å²) < 4.78 is 46.8. The third kappa shape index (κ3) is 3.04. The molecule has 5 rings (SSSR count). The van der Waals surface area contributed by atoms with Gasteiger partial charge in [0.1, 0.15) is 12.2 Å². The molecule has 1 aromatic carbocycles. The number of nitrogens with one attached hydrogen (secondary N) is 1. The van der Waals surface area contributed by atoms with E-state index in [4.69, 9.17) is 4.74 Å². The number of fused-ring (bicyclic) bond motifs is 1. The van der Waals surface area contributed by atoms with Gasteiger partial charge in [0.05, 0.1) is 24.5 Å². The maximum Gasteiger partial charge on any atom is 0.417 e. The van der Waals surface area contributed by atoms with Gasteiger partial charge in [0.2, 0.25) is 0 Å². The number of hydrogen-bond donors (Lipinski definition) is 1. The molecule has 1 aliphatic heterocycles. The van der Waals surface area contributed by atoms with E-state index in [1.54, 1.807) is 6.33 Å². The molecular formula is C20H17F3N6O. The van der Waals surface area contributed by atoms with Crippen molar-refractivity contribution >= 4 is 11.0 Å². The van der Waals surface area contributed by atoms with Gasteiger partial charge in [-0.2, -0.15) is 18.3 Å². The molecule has 0 unspecified atom stereocenters. The maximum atomic E-state index is 13.1. The fourth-order valence-corrected chi connectivity index (χ4v) is 3.77. The highest BCUT2D eigenvalue weighted by Crippen LogP contribution is 2.38. The standard InChI is InChI=1S/C20H17F3N6O/c1-29-11-25-26-16(29)7-19(9-30-10-19)13-4-2-3-12(5-13)17-15-6-14(20(21,22)23)8-24-18(15)28-27-17/h2-6,8,11H,7,9-10H2,1H3,(H,24,27,28). The van der Waals surface area contributed by atoms with E-state index in [1.165, 1.54) is 0 Å². The van der Waals surface area contributed by atoms with E-state index in [1.807, 2.05) is 35.9 Å². The molecule has 4 aromatic rings. The molecule has 0 aliphatic carbocycles. The zero-order valence-corrected chi connectivity index (χ0v) is 15.9. The van der Waals surface area contributed by atoms with Crippen molar-refractivity contribution in [1.29, 1.82) is 0 Å². The highest BCUT2D eigenvalue weighted by atomic mass is 19.4. The van der Waals surface area contributed by atoms with E-state index in [0.29, 0.717) is 30.7 Å². The summed E-state index contributed by atoms with van der Waals surface area (Å²) in [6.07, 6.45) is -1.37. The van der Waals surface area contributed by atoms with Gasteiger partial charge in [-0.3, -0.25) is 5.10 Å². The van der Waals surface area contributed by atoms with Crippen molar-refractivity contribution < 1.29 is 17.9 Å². The average Bonchev–Trinajstić information content (AvgIpc) is 3.29. The fourth-order valence-electron chi connectivity index (χ4n) is 3.77. The molecule has 0 bridgehead atoms. The minimum absolute atomic E-state index is 0.240. The van der Waals surface area contributed by atoms with E-state index >= 15 is 0 Å². The molecule has 1 N–H and O–H groups in total. The predicted molar refractivity (Wildman–Crippen MR) is 102 cm³/mol. The number of ether oxygens (including phenoxy) is 1.